The minimum atomic E-state index is -1.38. The SMILES string of the molecule is CC(C)=CCCC(C)CCOC(=O)C(C)(C)O. The second kappa shape index (κ2) is 7.49. The van der Waals surface area contributed by atoms with Crippen molar-refractivity contribution in [1.82, 2.24) is 0 Å². The van der Waals surface area contributed by atoms with Crippen LogP contribution in [0.1, 0.15) is 53.9 Å². The molecule has 0 rings (SSSR count). The van der Waals surface area contributed by atoms with Gasteiger partial charge in [-0.05, 0) is 52.9 Å². The Hall–Kier alpha value is -0.830. The van der Waals surface area contributed by atoms with Crippen molar-refractivity contribution in [1.29, 1.82) is 0 Å². The third kappa shape index (κ3) is 8.93. The summed E-state index contributed by atoms with van der Waals surface area (Å²) in [6.07, 6.45) is 5.24. The number of carbonyl (C=O) groups excluding carboxylic acids is 1. The second-order valence-electron chi connectivity index (χ2n) is 5.45. The summed E-state index contributed by atoms with van der Waals surface area (Å²) in [5.74, 6) is -0.0193. The monoisotopic (exact) mass is 242 g/mol. The van der Waals surface area contributed by atoms with Crippen LogP contribution in [-0.4, -0.2) is 23.3 Å². The number of rotatable bonds is 7. The first kappa shape index (κ1) is 16.2. The third-order valence-corrected chi connectivity index (χ3v) is 2.56. The highest BCUT2D eigenvalue weighted by Gasteiger charge is 2.25. The number of hydrogen-bond donors (Lipinski definition) is 1. The summed E-state index contributed by atoms with van der Waals surface area (Å²) >= 11 is 0. The first-order chi connectivity index (χ1) is 7.73. The molecule has 3 nitrogen and oxygen atoms in total. The average molecular weight is 242 g/mol. The molecule has 0 aliphatic carbocycles. The normalized spacial score (nSPS) is 13.1. The van der Waals surface area contributed by atoms with Crippen LogP contribution in [0.4, 0.5) is 0 Å². The maximum absolute atomic E-state index is 11.3. The Morgan fingerprint density at radius 1 is 1.35 bits per heavy atom. The van der Waals surface area contributed by atoms with Gasteiger partial charge in [-0.1, -0.05) is 18.6 Å². The molecule has 0 saturated heterocycles. The molecule has 0 aromatic carbocycles. The number of ether oxygens (including phenoxy) is 1. The molecule has 0 spiro atoms. The van der Waals surface area contributed by atoms with E-state index in [4.69, 9.17) is 4.74 Å². The zero-order valence-corrected chi connectivity index (χ0v) is 11.7. The fourth-order valence-electron chi connectivity index (χ4n) is 1.33. The van der Waals surface area contributed by atoms with Crippen molar-refractivity contribution in [2.45, 2.75) is 59.5 Å². The first-order valence-electron chi connectivity index (χ1n) is 6.26. The largest absolute Gasteiger partial charge is 0.464 e. The van der Waals surface area contributed by atoms with E-state index in [0.29, 0.717) is 12.5 Å². The molecule has 0 aromatic heterocycles. The van der Waals surface area contributed by atoms with Crippen molar-refractivity contribution in [3.63, 3.8) is 0 Å². The van der Waals surface area contributed by atoms with Gasteiger partial charge in [-0.25, -0.2) is 4.79 Å². The van der Waals surface area contributed by atoms with Gasteiger partial charge < -0.3 is 9.84 Å². The lowest BCUT2D eigenvalue weighted by Gasteiger charge is -2.16. The van der Waals surface area contributed by atoms with Crippen LogP contribution >= 0.6 is 0 Å². The van der Waals surface area contributed by atoms with E-state index in [0.717, 1.165) is 19.3 Å². The van der Waals surface area contributed by atoms with E-state index in [1.54, 1.807) is 0 Å². The van der Waals surface area contributed by atoms with Crippen LogP contribution in [0.3, 0.4) is 0 Å². The minimum absolute atomic E-state index is 0.388. The molecule has 0 bridgehead atoms. The number of aliphatic hydroxyl groups is 1. The lowest BCUT2D eigenvalue weighted by atomic mass is 10.0. The van der Waals surface area contributed by atoms with Gasteiger partial charge in [-0.3, -0.25) is 0 Å². The Kier molecular flexibility index (Phi) is 7.12. The highest BCUT2D eigenvalue weighted by atomic mass is 16.5. The summed E-state index contributed by atoms with van der Waals surface area (Å²) < 4.78 is 5.00. The Labute approximate surface area is 105 Å². The van der Waals surface area contributed by atoms with Crippen LogP contribution in [-0.2, 0) is 9.53 Å². The molecule has 1 atom stereocenters. The van der Waals surface area contributed by atoms with Crippen molar-refractivity contribution in [2.75, 3.05) is 6.61 Å². The summed E-state index contributed by atoms with van der Waals surface area (Å²) in [5, 5.41) is 9.37. The smallest absolute Gasteiger partial charge is 0.337 e. The van der Waals surface area contributed by atoms with Crippen molar-refractivity contribution in [3.8, 4) is 0 Å². The van der Waals surface area contributed by atoms with Gasteiger partial charge in [0, 0.05) is 0 Å². The van der Waals surface area contributed by atoms with Gasteiger partial charge in [0.15, 0.2) is 5.60 Å². The molecule has 0 heterocycles. The van der Waals surface area contributed by atoms with Gasteiger partial charge in [0.25, 0.3) is 0 Å². The predicted molar refractivity (Wildman–Crippen MR) is 69.7 cm³/mol. The molecular weight excluding hydrogens is 216 g/mol. The molecule has 0 saturated carbocycles. The fraction of sp³-hybridized carbons (Fsp3) is 0.786. The first-order valence-corrected chi connectivity index (χ1v) is 6.26. The molecule has 17 heavy (non-hydrogen) atoms. The van der Waals surface area contributed by atoms with E-state index in [2.05, 4.69) is 26.8 Å². The summed E-state index contributed by atoms with van der Waals surface area (Å²) in [6, 6.07) is 0. The Balaban J connectivity index is 3.68. The van der Waals surface area contributed by atoms with Gasteiger partial charge in [-0.2, -0.15) is 0 Å². The van der Waals surface area contributed by atoms with Crippen LogP contribution in [0.15, 0.2) is 11.6 Å². The predicted octanol–water partition coefficient (Wildman–Crippen LogP) is 3.07. The van der Waals surface area contributed by atoms with E-state index in [-0.39, 0.29) is 0 Å². The number of allylic oxidation sites excluding steroid dienone is 2. The van der Waals surface area contributed by atoms with Crippen molar-refractivity contribution < 1.29 is 14.6 Å². The maximum Gasteiger partial charge on any atom is 0.337 e. The van der Waals surface area contributed by atoms with Gasteiger partial charge >= 0.3 is 5.97 Å². The molecule has 3 heteroatoms. The van der Waals surface area contributed by atoms with Crippen LogP contribution in [0.25, 0.3) is 0 Å². The molecule has 1 N–H and O–H groups in total. The van der Waals surface area contributed by atoms with Crippen molar-refractivity contribution in [2.24, 2.45) is 5.92 Å². The highest BCUT2D eigenvalue weighted by Crippen LogP contribution is 2.13. The van der Waals surface area contributed by atoms with Crippen molar-refractivity contribution in [3.05, 3.63) is 11.6 Å². The summed E-state index contributed by atoms with van der Waals surface area (Å²) in [6.45, 7) is 9.60. The fourth-order valence-corrected chi connectivity index (χ4v) is 1.33. The van der Waals surface area contributed by atoms with Crippen LogP contribution < -0.4 is 0 Å². The molecule has 1 unspecified atom stereocenters. The second-order valence-corrected chi connectivity index (χ2v) is 5.45. The number of hydrogen-bond acceptors (Lipinski definition) is 3. The van der Waals surface area contributed by atoms with E-state index < -0.39 is 11.6 Å². The lowest BCUT2D eigenvalue weighted by Crippen LogP contribution is -2.33. The van der Waals surface area contributed by atoms with Crippen LogP contribution in [0.2, 0.25) is 0 Å². The summed E-state index contributed by atoms with van der Waals surface area (Å²) in [4.78, 5) is 11.3. The maximum atomic E-state index is 11.3. The minimum Gasteiger partial charge on any atom is -0.464 e. The Morgan fingerprint density at radius 3 is 2.41 bits per heavy atom. The van der Waals surface area contributed by atoms with E-state index in [1.165, 1.54) is 19.4 Å². The zero-order valence-electron chi connectivity index (χ0n) is 11.7. The van der Waals surface area contributed by atoms with E-state index in [1.807, 2.05) is 0 Å². The van der Waals surface area contributed by atoms with Gasteiger partial charge in [-0.15, -0.1) is 0 Å². The average Bonchev–Trinajstić information content (AvgIpc) is 2.15. The lowest BCUT2D eigenvalue weighted by molar-refractivity contribution is -0.162. The third-order valence-electron chi connectivity index (χ3n) is 2.56. The summed E-state index contributed by atoms with van der Waals surface area (Å²) in [7, 11) is 0. The number of esters is 1. The molecular formula is C14H26O3. The molecule has 0 aliphatic heterocycles. The van der Waals surface area contributed by atoms with E-state index >= 15 is 0 Å². The van der Waals surface area contributed by atoms with Gasteiger partial charge in [0.2, 0.25) is 0 Å². The quantitative estimate of drug-likeness (QED) is 0.551. The highest BCUT2D eigenvalue weighted by molar-refractivity contribution is 5.78. The zero-order chi connectivity index (χ0) is 13.5. The molecule has 0 radical (unpaired) electrons. The standard InChI is InChI=1S/C14H26O3/c1-11(2)7-6-8-12(3)9-10-17-13(15)14(4,5)16/h7,12,16H,6,8-10H2,1-5H3. The molecule has 0 amide bonds. The molecule has 0 aliphatic rings. The Morgan fingerprint density at radius 2 is 1.94 bits per heavy atom. The van der Waals surface area contributed by atoms with Gasteiger partial charge in [0.05, 0.1) is 6.61 Å². The summed E-state index contributed by atoms with van der Waals surface area (Å²) in [5.41, 5.74) is -0.0451. The molecule has 0 fully saturated rings. The van der Waals surface area contributed by atoms with Crippen molar-refractivity contribution >= 4 is 5.97 Å². The number of carbonyl (C=O) groups is 1. The molecule has 100 valence electrons. The van der Waals surface area contributed by atoms with Gasteiger partial charge in [0.1, 0.15) is 0 Å². The Bertz CT molecular complexity index is 257. The van der Waals surface area contributed by atoms with E-state index in [9.17, 15) is 9.90 Å². The topological polar surface area (TPSA) is 46.5 Å². The molecule has 0 aromatic rings. The van der Waals surface area contributed by atoms with Crippen LogP contribution in [0.5, 0.6) is 0 Å². The van der Waals surface area contributed by atoms with Crippen LogP contribution in [0, 0.1) is 5.92 Å².